The van der Waals surface area contributed by atoms with Crippen LogP contribution in [0, 0.1) is 12.8 Å². The highest BCUT2D eigenvalue weighted by atomic mass is 16.5. The van der Waals surface area contributed by atoms with Gasteiger partial charge in [-0.2, -0.15) is 0 Å². The van der Waals surface area contributed by atoms with Crippen LogP contribution in [0.3, 0.4) is 0 Å². The van der Waals surface area contributed by atoms with E-state index in [-0.39, 0.29) is 11.8 Å². The van der Waals surface area contributed by atoms with Gasteiger partial charge in [-0.15, -0.1) is 0 Å². The van der Waals surface area contributed by atoms with Gasteiger partial charge in [-0.1, -0.05) is 0 Å². The summed E-state index contributed by atoms with van der Waals surface area (Å²) in [5.41, 5.74) is 0.704. The van der Waals surface area contributed by atoms with E-state index in [1.54, 1.807) is 6.92 Å². The van der Waals surface area contributed by atoms with Crippen molar-refractivity contribution in [3.8, 4) is 0 Å². The van der Waals surface area contributed by atoms with Gasteiger partial charge < -0.3 is 9.84 Å². The first-order chi connectivity index (χ1) is 8.11. The highest BCUT2D eigenvalue weighted by Gasteiger charge is 2.35. The maximum atomic E-state index is 10.9. The summed E-state index contributed by atoms with van der Waals surface area (Å²) in [6.45, 7) is 4.28. The number of carbonyl (C=O) groups is 1. The Labute approximate surface area is 99.9 Å². The zero-order valence-electron chi connectivity index (χ0n) is 10.0. The van der Waals surface area contributed by atoms with Crippen molar-refractivity contribution in [1.82, 2.24) is 9.97 Å². The van der Waals surface area contributed by atoms with Crippen molar-refractivity contribution in [2.75, 3.05) is 6.61 Å². The molecule has 5 nitrogen and oxygen atoms in total. The number of aryl methyl sites for hydroxylation is 1. The Kier molecular flexibility index (Phi) is 3.38. The van der Waals surface area contributed by atoms with Crippen molar-refractivity contribution >= 4 is 5.97 Å². The molecule has 0 aliphatic heterocycles. The number of ether oxygens (including phenoxy) is 1. The van der Waals surface area contributed by atoms with E-state index < -0.39 is 5.97 Å². The van der Waals surface area contributed by atoms with E-state index in [2.05, 4.69) is 9.97 Å². The Morgan fingerprint density at radius 2 is 2.29 bits per heavy atom. The van der Waals surface area contributed by atoms with E-state index in [1.165, 1.54) is 6.07 Å². The quantitative estimate of drug-likeness (QED) is 0.846. The van der Waals surface area contributed by atoms with Crippen LogP contribution in [0.15, 0.2) is 6.07 Å². The third-order valence-electron chi connectivity index (χ3n) is 2.74. The zero-order chi connectivity index (χ0) is 12.4. The summed E-state index contributed by atoms with van der Waals surface area (Å²) in [5, 5.41) is 8.97. The fourth-order valence-electron chi connectivity index (χ4n) is 1.83. The second kappa shape index (κ2) is 4.79. The topological polar surface area (TPSA) is 72.3 Å². The third kappa shape index (κ3) is 2.79. The lowest BCUT2D eigenvalue weighted by molar-refractivity contribution is 0.0395. The third-order valence-corrected chi connectivity index (χ3v) is 2.74. The molecule has 1 aromatic rings. The van der Waals surface area contributed by atoms with E-state index in [0.717, 1.165) is 12.8 Å². The molecule has 5 heteroatoms. The summed E-state index contributed by atoms with van der Waals surface area (Å²) >= 11 is 0. The number of hydrogen-bond donors (Lipinski definition) is 1. The van der Waals surface area contributed by atoms with Gasteiger partial charge in [0.2, 0.25) is 0 Å². The van der Waals surface area contributed by atoms with Gasteiger partial charge in [0.25, 0.3) is 0 Å². The molecule has 1 N–H and O–H groups in total. The van der Waals surface area contributed by atoms with Crippen molar-refractivity contribution in [2.45, 2.75) is 32.8 Å². The van der Waals surface area contributed by atoms with Crippen LogP contribution in [-0.4, -0.2) is 27.7 Å². The van der Waals surface area contributed by atoms with Gasteiger partial charge in [0.05, 0.1) is 0 Å². The molecule has 0 bridgehead atoms. The molecule has 0 saturated heterocycles. The summed E-state index contributed by atoms with van der Waals surface area (Å²) in [4.78, 5) is 19.3. The van der Waals surface area contributed by atoms with E-state index in [4.69, 9.17) is 9.84 Å². The summed E-state index contributed by atoms with van der Waals surface area (Å²) in [6.07, 6.45) is 2.05. The molecule has 0 spiro atoms. The molecule has 1 heterocycles. The number of nitrogens with zero attached hydrogens (tertiary/aromatic N) is 2. The van der Waals surface area contributed by atoms with Crippen LogP contribution in [0.5, 0.6) is 0 Å². The van der Waals surface area contributed by atoms with Crippen LogP contribution in [0.4, 0.5) is 0 Å². The number of aromatic carboxylic acids is 1. The molecule has 2 rings (SSSR count). The van der Waals surface area contributed by atoms with Gasteiger partial charge >= 0.3 is 5.97 Å². The van der Waals surface area contributed by atoms with Crippen LogP contribution < -0.4 is 0 Å². The monoisotopic (exact) mass is 236 g/mol. The van der Waals surface area contributed by atoms with Crippen LogP contribution >= 0.6 is 0 Å². The lowest BCUT2D eigenvalue weighted by atomic mass is 10.2. The summed E-state index contributed by atoms with van der Waals surface area (Å²) in [6, 6.07) is 1.47. The second-order valence-corrected chi connectivity index (χ2v) is 4.27. The standard InChI is InChI=1S/C12H16N2O3/c1-3-17-10(8-4-5-8)11-13-7(2)6-9(14-11)12(15)16/h6,8,10H,3-5H2,1-2H3,(H,15,16). The Hall–Kier alpha value is -1.49. The minimum absolute atomic E-state index is 0.0397. The predicted octanol–water partition coefficient (Wildman–Crippen LogP) is 1.97. The number of hydrogen-bond acceptors (Lipinski definition) is 4. The number of carboxylic acids is 1. The normalized spacial score (nSPS) is 16.8. The molecule has 1 aromatic heterocycles. The smallest absolute Gasteiger partial charge is 0.354 e. The molecule has 1 aliphatic carbocycles. The van der Waals surface area contributed by atoms with E-state index in [0.29, 0.717) is 24.0 Å². The first kappa shape index (κ1) is 12.0. The van der Waals surface area contributed by atoms with Gasteiger partial charge in [0, 0.05) is 12.3 Å². The highest BCUT2D eigenvalue weighted by Crippen LogP contribution is 2.42. The van der Waals surface area contributed by atoms with E-state index in [1.807, 2.05) is 6.92 Å². The minimum Gasteiger partial charge on any atom is -0.477 e. The van der Waals surface area contributed by atoms with Gasteiger partial charge in [-0.05, 0) is 38.7 Å². The van der Waals surface area contributed by atoms with Gasteiger partial charge in [-0.25, -0.2) is 14.8 Å². The van der Waals surface area contributed by atoms with Crippen molar-refractivity contribution in [1.29, 1.82) is 0 Å². The average Bonchev–Trinajstić information content (AvgIpc) is 3.08. The first-order valence-electron chi connectivity index (χ1n) is 5.82. The number of aromatic nitrogens is 2. The molecule has 0 amide bonds. The molecule has 1 atom stereocenters. The fourth-order valence-corrected chi connectivity index (χ4v) is 1.83. The average molecular weight is 236 g/mol. The largest absolute Gasteiger partial charge is 0.477 e. The molecule has 92 valence electrons. The molecular weight excluding hydrogens is 220 g/mol. The first-order valence-corrected chi connectivity index (χ1v) is 5.82. The maximum absolute atomic E-state index is 10.9. The van der Waals surface area contributed by atoms with Crippen molar-refractivity contribution in [3.63, 3.8) is 0 Å². The van der Waals surface area contributed by atoms with Crippen LogP contribution in [-0.2, 0) is 4.74 Å². The maximum Gasteiger partial charge on any atom is 0.354 e. The fraction of sp³-hybridized carbons (Fsp3) is 0.583. The number of rotatable bonds is 5. The van der Waals surface area contributed by atoms with E-state index in [9.17, 15) is 4.79 Å². The van der Waals surface area contributed by atoms with Crippen LogP contribution in [0.2, 0.25) is 0 Å². The molecule has 0 radical (unpaired) electrons. The van der Waals surface area contributed by atoms with Crippen molar-refractivity contribution in [3.05, 3.63) is 23.3 Å². The van der Waals surface area contributed by atoms with Gasteiger partial charge in [0.1, 0.15) is 6.10 Å². The molecule has 1 unspecified atom stereocenters. The Bertz CT molecular complexity index is 430. The lowest BCUT2D eigenvalue weighted by Crippen LogP contribution is -2.14. The molecule has 1 saturated carbocycles. The Balaban J connectivity index is 2.31. The van der Waals surface area contributed by atoms with E-state index >= 15 is 0 Å². The summed E-state index contributed by atoms with van der Waals surface area (Å²) in [5.74, 6) is -0.0760. The van der Waals surface area contributed by atoms with Gasteiger partial charge in [-0.3, -0.25) is 0 Å². The predicted molar refractivity (Wildman–Crippen MR) is 60.8 cm³/mol. The Morgan fingerprint density at radius 3 is 2.82 bits per heavy atom. The molecular formula is C12H16N2O3. The molecule has 1 fully saturated rings. The van der Waals surface area contributed by atoms with Crippen molar-refractivity contribution in [2.24, 2.45) is 5.92 Å². The highest BCUT2D eigenvalue weighted by molar-refractivity contribution is 5.85. The second-order valence-electron chi connectivity index (χ2n) is 4.27. The SMILES string of the molecule is CCOC(c1nc(C)cc(C(=O)O)n1)C1CC1. The number of carboxylic acid groups (broad SMARTS) is 1. The summed E-state index contributed by atoms with van der Waals surface area (Å²) in [7, 11) is 0. The summed E-state index contributed by atoms with van der Waals surface area (Å²) < 4.78 is 5.62. The van der Waals surface area contributed by atoms with Crippen LogP contribution in [0.1, 0.15) is 47.9 Å². The van der Waals surface area contributed by atoms with Gasteiger partial charge in [0.15, 0.2) is 11.5 Å². The lowest BCUT2D eigenvalue weighted by Gasteiger charge is -2.15. The zero-order valence-corrected chi connectivity index (χ0v) is 10.0. The molecule has 17 heavy (non-hydrogen) atoms. The minimum atomic E-state index is -1.03. The molecule has 1 aliphatic rings. The molecule has 0 aromatic carbocycles. The Morgan fingerprint density at radius 1 is 1.59 bits per heavy atom. The van der Waals surface area contributed by atoms with Crippen molar-refractivity contribution < 1.29 is 14.6 Å². The van der Waals surface area contributed by atoms with Crippen LogP contribution in [0.25, 0.3) is 0 Å².